The maximum atomic E-state index is 12.3. The van der Waals surface area contributed by atoms with E-state index in [-0.39, 0.29) is 12.0 Å². The minimum atomic E-state index is -0.215. The number of H-pyrrole nitrogens is 1. The lowest BCUT2D eigenvalue weighted by Crippen LogP contribution is -2.43. The fraction of sp³-hybridized carbons (Fsp3) is 0.444. The highest BCUT2D eigenvalue weighted by atomic mass is 16.5. The van der Waals surface area contributed by atoms with Crippen LogP contribution >= 0.6 is 0 Å². The van der Waals surface area contributed by atoms with Crippen LogP contribution in [0.15, 0.2) is 24.3 Å². The lowest BCUT2D eigenvalue weighted by atomic mass is 10.0. The molecule has 0 saturated heterocycles. The Balaban J connectivity index is 1.51. The second-order valence-electron chi connectivity index (χ2n) is 5.94. The molecule has 0 spiro atoms. The fourth-order valence-corrected chi connectivity index (χ4v) is 3.14. The number of aromatic nitrogens is 1. The molecule has 24 heavy (non-hydrogen) atoms. The van der Waals surface area contributed by atoms with Gasteiger partial charge in [0, 0.05) is 36.1 Å². The minimum absolute atomic E-state index is 0.0804. The van der Waals surface area contributed by atoms with Gasteiger partial charge in [-0.05, 0) is 31.4 Å². The van der Waals surface area contributed by atoms with E-state index in [1.807, 2.05) is 17.0 Å². The number of para-hydroxylation sites is 1. The van der Waals surface area contributed by atoms with Crippen LogP contribution in [0.5, 0.6) is 0 Å². The van der Waals surface area contributed by atoms with Crippen LogP contribution in [0.3, 0.4) is 0 Å². The van der Waals surface area contributed by atoms with E-state index in [1.54, 1.807) is 6.92 Å². The summed E-state index contributed by atoms with van der Waals surface area (Å²) < 4.78 is 4.87. The maximum absolute atomic E-state index is 12.3. The van der Waals surface area contributed by atoms with Crippen molar-refractivity contribution in [3.8, 4) is 0 Å². The second-order valence-corrected chi connectivity index (χ2v) is 5.94. The number of fused-ring (bicyclic) bond motifs is 3. The normalized spacial score (nSPS) is 13.6. The molecule has 2 heterocycles. The van der Waals surface area contributed by atoms with Crippen molar-refractivity contribution in [3.05, 3.63) is 35.5 Å². The number of urea groups is 1. The molecule has 2 aromatic rings. The summed E-state index contributed by atoms with van der Waals surface area (Å²) in [4.78, 5) is 28.8. The molecule has 6 heteroatoms. The topological polar surface area (TPSA) is 74.4 Å². The second kappa shape index (κ2) is 7.38. The Labute approximate surface area is 141 Å². The highest BCUT2D eigenvalue weighted by molar-refractivity contribution is 5.85. The van der Waals surface area contributed by atoms with Gasteiger partial charge in [0.15, 0.2) is 0 Å². The van der Waals surface area contributed by atoms with Crippen molar-refractivity contribution in [3.63, 3.8) is 0 Å². The van der Waals surface area contributed by atoms with E-state index in [9.17, 15) is 9.59 Å². The number of amides is 2. The first-order valence-electron chi connectivity index (χ1n) is 8.46. The molecule has 0 bridgehead atoms. The number of esters is 1. The van der Waals surface area contributed by atoms with Crippen molar-refractivity contribution >= 4 is 22.9 Å². The number of rotatable bonds is 5. The zero-order valence-electron chi connectivity index (χ0n) is 13.9. The molecular formula is C18H23N3O3. The van der Waals surface area contributed by atoms with Crippen LogP contribution in [0.4, 0.5) is 4.79 Å². The zero-order chi connectivity index (χ0) is 16.9. The average Bonchev–Trinajstić information content (AvgIpc) is 2.96. The molecule has 0 atom stereocenters. The predicted molar refractivity (Wildman–Crippen MR) is 91.7 cm³/mol. The zero-order valence-corrected chi connectivity index (χ0v) is 13.9. The van der Waals surface area contributed by atoms with Crippen molar-refractivity contribution in [2.75, 3.05) is 19.7 Å². The molecular weight excluding hydrogens is 306 g/mol. The van der Waals surface area contributed by atoms with Crippen molar-refractivity contribution in [2.24, 2.45) is 0 Å². The Kier molecular flexibility index (Phi) is 5.03. The van der Waals surface area contributed by atoms with Crippen molar-refractivity contribution in [1.82, 2.24) is 15.2 Å². The lowest BCUT2D eigenvalue weighted by molar-refractivity contribution is -0.143. The van der Waals surface area contributed by atoms with Crippen LogP contribution in [0.1, 0.15) is 31.0 Å². The van der Waals surface area contributed by atoms with E-state index < -0.39 is 0 Å². The summed E-state index contributed by atoms with van der Waals surface area (Å²) in [7, 11) is 0. The van der Waals surface area contributed by atoms with Gasteiger partial charge in [-0.1, -0.05) is 18.2 Å². The fourth-order valence-electron chi connectivity index (χ4n) is 3.14. The Bertz CT molecular complexity index is 738. The number of carbonyl (C=O) groups is 2. The van der Waals surface area contributed by atoms with Crippen molar-refractivity contribution < 1.29 is 14.3 Å². The third-order valence-electron chi connectivity index (χ3n) is 4.31. The van der Waals surface area contributed by atoms with Crippen LogP contribution in [-0.4, -0.2) is 41.6 Å². The van der Waals surface area contributed by atoms with E-state index in [2.05, 4.69) is 22.4 Å². The number of nitrogens with zero attached hydrogens (tertiary/aromatic N) is 1. The number of benzene rings is 1. The molecule has 6 nitrogen and oxygen atoms in total. The molecule has 3 rings (SSSR count). The third-order valence-corrected chi connectivity index (χ3v) is 4.31. The molecule has 1 aromatic carbocycles. The molecule has 0 fully saturated rings. The summed E-state index contributed by atoms with van der Waals surface area (Å²) in [6.45, 7) is 3.96. The summed E-state index contributed by atoms with van der Waals surface area (Å²) in [6, 6.07) is 8.16. The Morgan fingerprint density at radius 3 is 3.00 bits per heavy atom. The minimum Gasteiger partial charge on any atom is -0.466 e. The molecule has 1 aromatic heterocycles. The Hall–Kier alpha value is -2.50. The van der Waals surface area contributed by atoms with E-state index in [0.717, 1.165) is 17.6 Å². The third kappa shape index (κ3) is 3.53. The quantitative estimate of drug-likeness (QED) is 0.654. The van der Waals surface area contributed by atoms with Crippen LogP contribution in [0.2, 0.25) is 0 Å². The van der Waals surface area contributed by atoms with Crippen LogP contribution in [-0.2, 0) is 22.5 Å². The smallest absolute Gasteiger partial charge is 0.317 e. The van der Waals surface area contributed by atoms with E-state index in [0.29, 0.717) is 39.1 Å². The summed E-state index contributed by atoms with van der Waals surface area (Å²) in [5.41, 5.74) is 3.56. The number of hydrogen-bond donors (Lipinski definition) is 2. The van der Waals surface area contributed by atoms with Gasteiger partial charge in [0.25, 0.3) is 0 Å². The van der Waals surface area contributed by atoms with Gasteiger partial charge in [0.1, 0.15) is 0 Å². The Morgan fingerprint density at radius 1 is 1.33 bits per heavy atom. The molecule has 128 valence electrons. The van der Waals surface area contributed by atoms with Crippen molar-refractivity contribution in [2.45, 2.75) is 32.7 Å². The largest absolute Gasteiger partial charge is 0.466 e. The average molecular weight is 329 g/mol. The summed E-state index contributed by atoms with van der Waals surface area (Å²) in [5.74, 6) is -0.215. The van der Waals surface area contributed by atoms with Crippen LogP contribution in [0, 0.1) is 0 Å². The van der Waals surface area contributed by atoms with Gasteiger partial charge in [0.2, 0.25) is 0 Å². The summed E-state index contributed by atoms with van der Waals surface area (Å²) in [5, 5.41) is 4.13. The van der Waals surface area contributed by atoms with E-state index in [1.165, 1.54) is 10.9 Å². The van der Waals surface area contributed by atoms with Gasteiger partial charge in [-0.2, -0.15) is 0 Å². The lowest BCUT2D eigenvalue weighted by Gasteiger charge is -2.27. The standard InChI is InChI=1S/C18H23N3O3/c1-2-24-17(22)8-5-10-19-18(23)21-11-9-14-13-6-3-4-7-15(13)20-16(14)12-21/h3-4,6-7,20H,2,5,8-12H2,1H3,(H,19,23). The van der Waals surface area contributed by atoms with Gasteiger partial charge < -0.3 is 19.9 Å². The van der Waals surface area contributed by atoms with Crippen LogP contribution < -0.4 is 5.32 Å². The highest BCUT2D eigenvalue weighted by Crippen LogP contribution is 2.27. The first-order valence-corrected chi connectivity index (χ1v) is 8.46. The number of ether oxygens (including phenoxy) is 1. The van der Waals surface area contributed by atoms with Gasteiger partial charge in [0.05, 0.1) is 13.2 Å². The van der Waals surface area contributed by atoms with E-state index in [4.69, 9.17) is 4.74 Å². The predicted octanol–water partition coefficient (Wildman–Crippen LogP) is 2.58. The van der Waals surface area contributed by atoms with E-state index >= 15 is 0 Å². The number of carbonyl (C=O) groups excluding carboxylic acids is 2. The van der Waals surface area contributed by atoms with Gasteiger partial charge in [-0.25, -0.2) is 4.79 Å². The molecule has 0 aliphatic carbocycles. The van der Waals surface area contributed by atoms with Crippen molar-refractivity contribution in [1.29, 1.82) is 0 Å². The first-order chi connectivity index (χ1) is 11.7. The van der Waals surface area contributed by atoms with Crippen LogP contribution in [0.25, 0.3) is 10.9 Å². The molecule has 1 aliphatic heterocycles. The highest BCUT2D eigenvalue weighted by Gasteiger charge is 2.23. The first kappa shape index (κ1) is 16.4. The summed E-state index contributed by atoms with van der Waals surface area (Å²) in [6.07, 6.45) is 1.78. The number of hydrogen-bond acceptors (Lipinski definition) is 3. The number of nitrogens with one attached hydrogen (secondary N) is 2. The molecule has 0 unspecified atom stereocenters. The van der Waals surface area contributed by atoms with Gasteiger partial charge >= 0.3 is 12.0 Å². The molecule has 2 amide bonds. The summed E-state index contributed by atoms with van der Waals surface area (Å²) >= 11 is 0. The van der Waals surface area contributed by atoms with Gasteiger partial charge in [-0.3, -0.25) is 4.79 Å². The molecule has 2 N–H and O–H groups in total. The maximum Gasteiger partial charge on any atom is 0.317 e. The molecule has 0 radical (unpaired) electrons. The number of aromatic amines is 1. The Morgan fingerprint density at radius 2 is 2.17 bits per heavy atom. The van der Waals surface area contributed by atoms with Gasteiger partial charge in [-0.15, -0.1) is 0 Å². The molecule has 0 saturated carbocycles. The molecule has 1 aliphatic rings. The monoisotopic (exact) mass is 329 g/mol. The SMILES string of the molecule is CCOC(=O)CCCNC(=O)N1CCc2c([nH]c3ccccc23)C1.